The van der Waals surface area contributed by atoms with Crippen LogP contribution in [0, 0.1) is 12.3 Å². The number of nitrogens with one attached hydrogen (secondary N) is 1. The van der Waals surface area contributed by atoms with Gasteiger partial charge in [-0.05, 0) is 38.0 Å². The van der Waals surface area contributed by atoms with Crippen molar-refractivity contribution in [2.45, 2.75) is 27.2 Å². The lowest BCUT2D eigenvalue weighted by Gasteiger charge is -2.25. The van der Waals surface area contributed by atoms with Crippen LogP contribution in [0.25, 0.3) is 0 Å². The maximum atomic E-state index is 12.3. The van der Waals surface area contributed by atoms with Gasteiger partial charge in [-0.2, -0.15) is 0 Å². The number of carbonyl (C=O) groups is 1. The zero-order valence-electron chi connectivity index (χ0n) is 11.2. The van der Waals surface area contributed by atoms with Crippen molar-refractivity contribution >= 4 is 33.4 Å². The molecule has 0 bridgehead atoms. The largest absolute Gasteiger partial charge is 0.409 e. The van der Waals surface area contributed by atoms with Gasteiger partial charge in [0.2, 0.25) is 5.91 Å². The van der Waals surface area contributed by atoms with E-state index in [2.05, 4.69) is 26.4 Å². The van der Waals surface area contributed by atoms with E-state index in [1.165, 1.54) is 0 Å². The second-order valence-electron chi connectivity index (χ2n) is 4.59. The van der Waals surface area contributed by atoms with Crippen molar-refractivity contribution in [2.24, 2.45) is 16.3 Å². The van der Waals surface area contributed by atoms with E-state index in [1.54, 1.807) is 13.0 Å². The number of hydrogen-bond acceptors (Lipinski definition) is 3. The first kappa shape index (κ1) is 15.5. The van der Waals surface area contributed by atoms with Crippen LogP contribution in [0.15, 0.2) is 27.8 Å². The third-order valence-electron chi connectivity index (χ3n) is 3.31. The van der Waals surface area contributed by atoms with Crippen LogP contribution < -0.4 is 11.1 Å². The molecule has 6 heteroatoms. The molecule has 0 heterocycles. The summed E-state index contributed by atoms with van der Waals surface area (Å²) in [4.78, 5) is 12.3. The van der Waals surface area contributed by atoms with E-state index < -0.39 is 5.41 Å². The molecule has 0 saturated carbocycles. The van der Waals surface area contributed by atoms with Crippen LogP contribution in [0.3, 0.4) is 0 Å². The highest BCUT2D eigenvalue weighted by Gasteiger charge is 2.36. The zero-order valence-corrected chi connectivity index (χ0v) is 12.8. The van der Waals surface area contributed by atoms with Gasteiger partial charge in [0.15, 0.2) is 5.84 Å². The molecule has 1 unspecified atom stereocenters. The van der Waals surface area contributed by atoms with Gasteiger partial charge in [0, 0.05) is 10.2 Å². The van der Waals surface area contributed by atoms with Gasteiger partial charge < -0.3 is 16.3 Å². The number of carbonyl (C=O) groups excluding carboxylic acids is 1. The highest BCUT2D eigenvalue weighted by Crippen LogP contribution is 2.26. The minimum Gasteiger partial charge on any atom is -0.409 e. The van der Waals surface area contributed by atoms with Gasteiger partial charge in [-0.3, -0.25) is 4.79 Å². The normalized spacial score (nSPS) is 14.8. The van der Waals surface area contributed by atoms with Crippen molar-refractivity contribution in [3.63, 3.8) is 0 Å². The van der Waals surface area contributed by atoms with E-state index >= 15 is 0 Å². The third-order valence-corrected chi connectivity index (χ3v) is 4.17. The van der Waals surface area contributed by atoms with Crippen LogP contribution in [0.4, 0.5) is 5.69 Å². The highest BCUT2D eigenvalue weighted by atomic mass is 79.9. The smallest absolute Gasteiger partial charge is 0.238 e. The van der Waals surface area contributed by atoms with Gasteiger partial charge in [-0.25, -0.2) is 0 Å². The summed E-state index contributed by atoms with van der Waals surface area (Å²) in [6, 6.07) is 5.52. The van der Waals surface area contributed by atoms with E-state index in [-0.39, 0.29) is 11.7 Å². The molecule has 1 amide bonds. The van der Waals surface area contributed by atoms with Gasteiger partial charge in [0.05, 0.1) is 0 Å². The van der Waals surface area contributed by atoms with E-state index in [1.807, 2.05) is 26.0 Å². The number of hydrogen-bond donors (Lipinski definition) is 3. The number of benzene rings is 1. The van der Waals surface area contributed by atoms with Crippen LogP contribution in [0.1, 0.15) is 25.8 Å². The SMILES string of the molecule is CCC(C)(C(=O)Nc1ccc(C)c(Br)c1)/C(N)=N/O. The molecule has 0 aliphatic carbocycles. The second kappa shape index (κ2) is 6.06. The molecule has 4 N–H and O–H groups in total. The lowest BCUT2D eigenvalue weighted by molar-refractivity contribution is -0.121. The number of nitrogens with two attached hydrogens (primary N) is 1. The summed E-state index contributed by atoms with van der Waals surface area (Å²) in [6.45, 7) is 5.41. The van der Waals surface area contributed by atoms with Crippen molar-refractivity contribution in [1.29, 1.82) is 0 Å². The van der Waals surface area contributed by atoms with E-state index in [9.17, 15) is 4.79 Å². The van der Waals surface area contributed by atoms with Crippen molar-refractivity contribution < 1.29 is 10.0 Å². The Morgan fingerprint density at radius 1 is 1.58 bits per heavy atom. The number of amides is 1. The predicted octanol–water partition coefficient (Wildman–Crippen LogP) is 2.86. The Morgan fingerprint density at radius 3 is 2.68 bits per heavy atom. The molecule has 1 aromatic carbocycles. The maximum Gasteiger partial charge on any atom is 0.238 e. The maximum absolute atomic E-state index is 12.3. The molecule has 104 valence electrons. The van der Waals surface area contributed by atoms with Gasteiger partial charge in [0.25, 0.3) is 0 Å². The van der Waals surface area contributed by atoms with E-state index in [0.29, 0.717) is 12.1 Å². The molecule has 19 heavy (non-hydrogen) atoms. The number of rotatable bonds is 4. The molecule has 5 nitrogen and oxygen atoms in total. The predicted molar refractivity (Wildman–Crippen MR) is 79.3 cm³/mol. The number of nitrogens with zero attached hydrogens (tertiary/aromatic N) is 1. The summed E-state index contributed by atoms with van der Waals surface area (Å²) in [7, 11) is 0. The molecule has 0 aliphatic rings. The molecule has 1 aromatic rings. The Bertz CT molecular complexity index is 517. The summed E-state index contributed by atoms with van der Waals surface area (Å²) < 4.78 is 0.910. The van der Waals surface area contributed by atoms with Crippen molar-refractivity contribution in [1.82, 2.24) is 0 Å². The first-order valence-corrected chi connectivity index (χ1v) is 6.70. The summed E-state index contributed by atoms with van der Waals surface area (Å²) in [5, 5.41) is 14.5. The van der Waals surface area contributed by atoms with E-state index in [0.717, 1.165) is 10.0 Å². The Kier molecular flexibility index (Phi) is 4.94. The number of oxime groups is 1. The minimum absolute atomic E-state index is 0.0984. The minimum atomic E-state index is -1.04. The molecule has 1 atom stereocenters. The van der Waals surface area contributed by atoms with Crippen molar-refractivity contribution in [2.75, 3.05) is 5.32 Å². The molecule has 0 saturated heterocycles. The topological polar surface area (TPSA) is 87.7 Å². The standard InChI is InChI=1S/C13H18BrN3O2/c1-4-13(3,11(15)17-19)12(18)16-9-6-5-8(2)10(14)7-9/h5-7,19H,4H2,1-3H3,(H2,15,17)(H,16,18). The molecular formula is C13H18BrN3O2. The van der Waals surface area contributed by atoms with Crippen LogP contribution in [-0.4, -0.2) is 17.0 Å². The third kappa shape index (κ3) is 3.26. The summed E-state index contributed by atoms with van der Waals surface area (Å²) in [6.07, 6.45) is 0.432. The number of anilines is 1. The molecule has 0 aliphatic heterocycles. The summed E-state index contributed by atoms with van der Waals surface area (Å²) in [5.41, 5.74) is 6.30. The summed E-state index contributed by atoms with van der Waals surface area (Å²) >= 11 is 3.41. The fraction of sp³-hybridized carbons (Fsp3) is 0.385. The van der Waals surface area contributed by atoms with Gasteiger partial charge >= 0.3 is 0 Å². The second-order valence-corrected chi connectivity index (χ2v) is 5.44. The van der Waals surface area contributed by atoms with Crippen LogP contribution in [0.5, 0.6) is 0 Å². The average Bonchev–Trinajstić information content (AvgIpc) is 2.40. The average molecular weight is 328 g/mol. The molecule has 1 rings (SSSR count). The van der Waals surface area contributed by atoms with E-state index in [4.69, 9.17) is 10.9 Å². The monoisotopic (exact) mass is 327 g/mol. The van der Waals surface area contributed by atoms with Crippen LogP contribution >= 0.6 is 15.9 Å². The zero-order chi connectivity index (χ0) is 14.6. The highest BCUT2D eigenvalue weighted by molar-refractivity contribution is 9.10. The van der Waals surface area contributed by atoms with Crippen LogP contribution in [0.2, 0.25) is 0 Å². The van der Waals surface area contributed by atoms with Gasteiger partial charge in [0.1, 0.15) is 5.41 Å². The molecule has 0 aromatic heterocycles. The Morgan fingerprint density at radius 2 is 2.21 bits per heavy atom. The molecular weight excluding hydrogens is 310 g/mol. The van der Waals surface area contributed by atoms with Gasteiger partial charge in [-0.1, -0.05) is 34.1 Å². The Hall–Kier alpha value is -1.56. The quantitative estimate of drug-likeness (QED) is 0.344. The fourth-order valence-corrected chi connectivity index (χ4v) is 1.89. The summed E-state index contributed by atoms with van der Waals surface area (Å²) in [5.74, 6) is -0.403. The lowest BCUT2D eigenvalue weighted by atomic mass is 9.85. The van der Waals surface area contributed by atoms with Crippen molar-refractivity contribution in [3.8, 4) is 0 Å². The Labute approximate surface area is 121 Å². The van der Waals surface area contributed by atoms with Crippen molar-refractivity contribution in [3.05, 3.63) is 28.2 Å². The first-order chi connectivity index (χ1) is 8.85. The van der Waals surface area contributed by atoms with Gasteiger partial charge in [-0.15, -0.1) is 0 Å². The molecule has 0 fully saturated rings. The van der Waals surface area contributed by atoms with Crippen LogP contribution in [-0.2, 0) is 4.79 Å². The fourth-order valence-electron chi connectivity index (χ4n) is 1.51. The number of halogens is 1. The number of amidine groups is 1. The molecule has 0 spiro atoms. The first-order valence-electron chi connectivity index (χ1n) is 5.90. The molecule has 0 radical (unpaired) electrons. The Balaban J connectivity index is 2.98. The lowest BCUT2D eigenvalue weighted by Crippen LogP contribution is -2.44. The number of aryl methyl sites for hydroxylation is 1.